The van der Waals surface area contributed by atoms with E-state index in [2.05, 4.69) is 37.4 Å². The van der Waals surface area contributed by atoms with Gasteiger partial charge in [0.05, 0.1) is 32.9 Å². The van der Waals surface area contributed by atoms with Gasteiger partial charge in [-0.2, -0.15) is 5.10 Å². The van der Waals surface area contributed by atoms with Crippen molar-refractivity contribution < 1.29 is 9.47 Å². The Morgan fingerprint density at radius 1 is 1.38 bits per heavy atom. The smallest absolute Gasteiger partial charge is 0.170 e. The Labute approximate surface area is 151 Å². The highest BCUT2D eigenvalue weighted by molar-refractivity contribution is 5.94. The van der Waals surface area contributed by atoms with E-state index >= 15 is 0 Å². The van der Waals surface area contributed by atoms with Crippen LogP contribution in [0.15, 0.2) is 30.5 Å². The number of anilines is 1. The van der Waals surface area contributed by atoms with Crippen LogP contribution in [0.4, 0.5) is 5.69 Å². The van der Waals surface area contributed by atoms with Crippen molar-refractivity contribution in [1.29, 1.82) is 0 Å². The molecule has 8 nitrogen and oxygen atoms in total. The number of aromatic amines is 1. The molecule has 1 aromatic carbocycles. The van der Waals surface area contributed by atoms with Gasteiger partial charge in [0.15, 0.2) is 5.82 Å². The molecule has 2 aromatic heterocycles. The number of H-pyrrole nitrogens is 1. The van der Waals surface area contributed by atoms with Crippen LogP contribution in [-0.2, 0) is 11.3 Å². The number of hydrogen-bond donors (Lipinski definition) is 2. The van der Waals surface area contributed by atoms with Crippen LogP contribution in [-0.4, -0.2) is 59.0 Å². The Morgan fingerprint density at radius 3 is 3.15 bits per heavy atom. The molecule has 1 saturated heterocycles. The monoisotopic (exact) mass is 354 g/mol. The minimum absolute atomic E-state index is 0.0970. The van der Waals surface area contributed by atoms with Crippen LogP contribution in [0.25, 0.3) is 10.9 Å². The number of hydrogen-bond acceptors (Lipinski definition) is 7. The zero-order valence-corrected chi connectivity index (χ0v) is 14.9. The largest absolute Gasteiger partial charge is 0.494 e. The molecule has 26 heavy (non-hydrogen) atoms. The summed E-state index contributed by atoms with van der Waals surface area (Å²) in [5.74, 6) is 2.31. The van der Waals surface area contributed by atoms with E-state index in [-0.39, 0.29) is 6.04 Å². The second-order valence-corrected chi connectivity index (χ2v) is 6.28. The summed E-state index contributed by atoms with van der Waals surface area (Å²) in [6.07, 6.45) is 1.77. The van der Waals surface area contributed by atoms with Crippen molar-refractivity contribution in [2.75, 3.05) is 39.2 Å². The number of nitrogens with zero attached hydrogens (tertiary/aromatic N) is 4. The van der Waals surface area contributed by atoms with Crippen LogP contribution in [0.5, 0.6) is 5.75 Å². The Balaban J connectivity index is 1.51. The molecule has 2 N–H and O–H groups in total. The van der Waals surface area contributed by atoms with Gasteiger partial charge in [-0.1, -0.05) is 12.1 Å². The number of benzene rings is 1. The molecule has 8 heteroatoms. The highest BCUT2D eigenvalue weighted by Crippen LogP contribution is 2.28. The lowest BCUT2D eigenvalue weighted by Gasteiger charge is -2.30. The van der Waals surface area contributed by atoms with Crippen molar-refractivity contribution in [3.8, 4) is 5.75 Å². The van der Waals surface area contributed by atoms with Crippen molar-refractivity contribution in [3.05, 3.63) is 42.1 Å². The van der Waals surface area contributed by atoms with E-state index in [0.29, 0.717) is 13.2 Å². The number of ether oxygens (including phenoxy) is 2. The van der Waals surface area contributed by atoms with Crippen molar-refractivity contribution in [2.24, 2.45) is 0 Å². The Bertz CT molecular complexity index is 896. The van der Waals surface area contributed by atoms with E-state index in [0.717, 1.165) is 47.1 Å². The molecule has 1 atom stereocenters. The van der Waals surface area contributed by atoms with Crippen molar-refractivity contribution >= 4 is 16.6 Å². The number of nitrogens with one attached hydrogen (secondary N) is 2. The van der Waals surface area contributed by atoms with Crippen molar-refractivity contribution in [1.82, 2.24) is 25.1 Å². The predicted octanol–water partition coefficient (Wildman–Crippen LogP) is 1.98. The minimum Gasteiger partial charge on any atom is -0.494 e. The van der Waals surface area contributed by atoms with Gasteiger partial charge in [-0.3, -0.25) is 15.0 Å². The van der Waals surface area contributed by atoms with Gasteiger partial charge in [-0.05, 0) is 19.2 Å². The summed E-state index contributed by atoms with van der Waals surface area (Å²) in [4.78, 5) is 11.3. The molecular formula is C18H22N6O2. The molecule has 1 unspecified atom stereocenters. The number of methoxy groups -OCH3 is 1. The fraction of sp³-hybridized carbons (Fsp3) is 0.389. The third-order valence-corrected chi connectivity index (χ3v) is 4.64. The third-order valence-electron chi connectivity index (χ3n) is 4.64. The van der Waals surface area contributed by atoms with E-state index < -0.39 is 0 Å². The molecule has 0 bridgehead atoms. The molecule has 1 aliphatic heterocycles. The van der Waals surface area contributed by atoms with Crippen LogP contribution < -0.4 is 10.1 Å². The molecular weight excluding hydrogens is 332 g/mol. The highest BCUT2D eigenvalue weighted by Gasteiger charge is 2.25. The lowest BCUT2D eigenvalue weighted by molar-refractivity contribution is 0.00194. The first kappa shape index (κ1) is 16.7. The van der Waals surface area contributed by atoms with E-state index in [1.54, 1.807) is 13.3 Å². The zero-order chi connectivity index (χ0) is 17.9. The second-order valence-electron chi connectivity index (χ2n) is 6.28. The SMILES string of the molecule is COc1cccc2c(NCc3nc(C4COCCN4C)n[nH]3)ccnc12. The maximum Gasteiger partial charge on any atom is 0.170 e. The molecule has 0 aliphatic carbocycles. The molecule has 4 rings (SSSR count). The van der Waals surface area contributed by atoms with E-state index in [9.17, 15) is 0 Å². The molecule has 1 aliphatic rings. The van der Waals surface area contributed by atoms with Gasteiger partial charge in [0.2, 0.25) is 0 Å². The first-order valence-corrected chi connectivity index (χ1v) is 8.61. The molecule has 0 saturated carbocycles. The average Bonchev–Trinajstić information content (AvgIpc) is 3.15. The molecule has 0 amide bonds. The maximum absolute atomic E-state index is 5.55. The number of para-hydroxylation sites is 1. The normalized spacial score (nSPS) is 18.2. The molecule has 3 aromatic rings. The number of pyridine rings is 1. The number of rotatable bonds is 5. The lowest BCUT2D eigenvalue weighted by Crippen LogP contribution is -2.37. The van der Waals surface area contributed by atoms with Crippen LogP contribution in [0.2, 0.25) is 0 Å². The van der Waals surface area contributed by atoms with Gasteiger partial charge in [-0.15, -0.1) is 0 Å². The average molecular weight is 354 g/mol. The summed E-state index contributed by atoms with van der Waals surface area (Å²) in [5.41, 5.74) is 1.81. The van der Waals surface area contributed by atoms with Gasteiger partial charge >= 0.3 is 0 Å². The summed E-state index contributed by atoms with van der Waals surface area (Å²) in [6.45, 7) is 2.80. The van der Waals surface area contributed by atoms with Gasteiger partial charge in [0.1, 0.15) is 17.1 Å². The Morgan fingerprint density at radius 2 is 2.31 bits per heavy atom. The van der Waals surface area contributed by atoms with Gasteiger partial charge < -0.3 is 14.8 Å². The van der Waals surface area contributed by atoms with Gasteiger partial charge in [-0.25, -0.2) is 4.98 Å². The molecule has 3 heterocycles. The van der Waals surface area contributed by atoms with Crippen LogP contribution in [0.1, 0.15) is 17.7 Å². The Hall–Kier alpha value is -2.71. The minimum atomic E-state index is 0.0970. The Kier molecular flexibility index (Phi) is 4.68. The number of likely N-dealkylation sites (N-methyl/N-ethyl adjacent to an activating group) is 1. The van der Waals surface area contributed by atoms with Crippen LogP contribution in [0, 0.1) is 0 Å². The van der Waals surface area contributed by atoms with Crippen LogP contribution >= 0.6 is 0 Å². The summed E-state index contributed by atoms with van der Waals surface area (Å²) in [5, 5.41) is 11.8. The maximum atomic E-state index is 5.55. The topological polar surface area (TPSA) is 88.2 Å². The standard InChI is InChI=1S/C18H22N6O2/c1-24-8-9-26-11-14(24)18-21-16(22-23-18)10-20-13-6-7-19-17-12(13)4-3-5-15(17)25-2/h3-7,14H,8-11H2,1-2H3,(H,19,20)(H,21,22,23). The summed E-state index contributed by atoms with van der Waals surface area (Å²) < 4.78 is 10.9. The molecule has 1 fully saturated rings. The van der Waals surface area contributed by atoms with E-state index in [1.807, 2.05) is 24.3 Å². The van der Waals surface area contributed by atoms with Crippen molar-refractivity contribution in [2.45, 2.75) is 12.6 Å². The number of aromatic nitrogens is 4. The first-order valence-electron chi connectivity index (χ1n) is 8.61. The van der Waals surface area contributed by atoms with Gasteiger partial charge in [0.25, 0.3) is 0 Å². The number of morpholine rings is 1. The molecule has 0 spiro atoms. The van der Waals surface area contributed by atoms with E-state index in [4.69, 9.17) is 9.47 Å². The third kappa shape index (κ3) is 3.21. The molecule has 136 valence electrons. The quantitative estimate of drug-likeness (QED) is 0.724. The fourth-order valence-corrected chi connectivity index (χ4v) is 3.14. The number of fused-ring (bicyclic) bond motifs is 1. The summed E-state index contributed by atoms with van der Waals surface area (Å²) >= 11 is 0. The van der Waals surface area contributed by atoms with Crippen molar-refractivity contribution in [3.63, 3.8) is 0 Å². The van der Waals surface area contributed by atoms with E-state index in [1.165, 1.54) is 0 Å². The second kappa shape index (κ2) is 7.27. The fourth-order valence-electron chi connectivity index (χ4n) is 3.14. The summed E-state index contributed by atoms with van der Waals surface area (Å²) in [6, 6.07) is 7.93. The lowest BCUT2D eigenvalue weighted by atomic mass is 10.1. The zero-order valence-electron chi connectivity index (χ0n) is 14.9. The molecule has 0 radical (unpaired) electrons. The van der Waals surface area contributed by atoms with Crippen LogP contribution in [0.3, 0.4) is 0 Å². The van der Waals surface area contributed by atoms with Gasteiger partial charge in [0, 0.05) is 23.8 Å². The summed E-state index contributed by atoms with van der Waals surface area (Å²) in [7, 11) is 3.72. The highest BCUT2D eigenvalue weighted by atomic mass is 16.5. The predicted molar refractivity (Wildman–Crippen MR) is 98.2 cm³/mol. The first-order chi connectivity index (χ1) is 12.8.